The normalized spacial score (nSPS) is 14.0. The quantitative estimate of drug-likeness (QED) is 0.251. The second-order valence-corrected chi connectivity index (χ2v) is 8.68. The Balaban J connectivity index is 1.48. The molecule has 1 aliphatic heterocycles. The van der Waals surface area contributed by atoms with E-state index in [9.17, 15) is 4.39 Å². The molecule has 3 aromatic carbocycles. The van der Waals surface area contributed by atoms with Crippen molar-refractivity contribution in [2.45, 2.75) is 13.5 Å². The number of ether oxygens (including phenoxy) is 3. The molecule has 3 aromatic rings. The molecule has 0 saturated carbocycles. The van der Waals surface area contributed by atoms with E-state index >= 15 is 0 Å². The van der Waals surface area contributed by atoms with Crippen LogP contribution in [0.4, 0.5) is 15.8 Å². The van der Waals surface area contributed by atoms with Crippen LogP contribution < -0.4 is 14.4 Å². The largest absolute Gasteiger partial charge is 0.490 e. The Morgan fingerprint density at radius 1 is 1.06 bits per heavy atom. The lowest BCUT2D eigenvalue weighted by atomic mass is 10.2. The second-order valence-electron chi connectivity index (χ2n) is 7.52. The molecule has 0 unspecified atom stereocenters. The zero-order valence-electron chi connectivity index (χ0n) is 18.5. The molecule has 33 heavy (non-hydrogen) atoms. The van der Waals surface area contributed by atoms with Gasteiger partial charge in [0.05, 0.1) is 29.1 Å². The summed E-state index contributed by atoms with van der Waals surface area (Å²) in [7, 11) is 0. The van der Waals surface area contributed by atoms with E-state index in [0.29, 0.717) is 23.7 Å². The second kappa shape index (κ2) is 11.5. The smallest absolute Gasteiger partial charge is 0.175 e. The molecule has 7 heteroatoms. The van der Waals surface area contributed by atoms with E-state index in [1.54, 1.807) is 18.2 Å². The van der Waals surface area contributed by atoms with Gasteiger partial charge in [0.25, 0.3) is 0 Å². The molecule has 1 saturated heterocycles. The summed E-state index contributed by atoms with van der Waals surface area (Å²) in [5.41, 5.74) is 3.46. The number of benzene rings is 3. The fraction of sp³-hybridized carbons (Fsp3) is 0.269. The number of aliphatic imine (C=N–C) groups is 1. The first-order valence-electron chi connectivity index (χ1n) is 10.9. The summed E-state index contributed by atoms with van der Waals surface area (Å²) in [5, 5.41) is 0. The van der Waals surface area contributed by atoms with Crippen LogP contribution in [0.25, 0.3) is 0 Å². The molecule has 0 N–H and O–H groups in total. The maximum Gasteiger partial charge on any atom is 0.175 e. The summed E-state index contributed by atoms with van der Waals surface area (Å²) in [6.45, 7) is 5.90. The third-order valence-corrected chi connectivity index (χ3v) is 6.05. The maximum atomic E-state index is 14.0. The van der Waals surface area contributed by atoms with Crippen LogP contribution in [0.5, 0.6) is 11.5 Å². The number of hydrogen-bond donors (Lipinski definition) is 0. The minimum Gasteiger partial charge on any atom is -0.490 e. The molecule has 172 valence electrons. The molecule has 0 bridgehead atoms. The van der Waals surface area contributed by atoms with Crippen LogP contribution in [-0.4, -0.2) is 39.1 Å². The molecule has 0 aliphatic carbocycles. The van der Waals surface area contributed by atoms with Gasteiger partial charge in [0, 0.05) is 30.6 Å². The van der Waals surface area contributed by atoms with Crippen molar-refractivity contribution in [3.05, 3.63) is 81.2 Å². The number of rotatable bonds is 8. The third kappa shape index (κ3) is 6.23. The number of anilines is 1. The Morgan fingerprint density at radius 3 is 2.55 bits per heavy atom. The first-order chi connectivity index (χ1) is 16.1. The predicted octanol–water partition coefficient (Wildman–Crippen LogP) is 6.00. The van der Waals surface area contributed by atoms with E-state index in [-0.39, 0.29) is 12.4 Å². The lowest BCUT2D eigenvalue weighted by molar-refractivity contribution is 0.122. The van der Waals surface area contributed by atoms with Crippen LogP contribution in [0.1, 0.15) is 18.1 Å². The topological polar surface area (TPSA) is 43.3 Å². The highest BCUT2D eigenvalue weighted by molar-refractivity contribution is 14.1. The molecule has 1 heterocycles. The van der Waals surface area contributed by atoms with Crippen molar-refractivity contribution in [2.75, 3.05) is 37.8 Å². The van der Waals surface area contributed by atoms with Gasteiger partial charge in [0.1, 0.15) is 12.4 Å². The van der Waals surface area contributed by atoms with E-state index in [0.717, 1.165) is 41.1 Å². The third-order valence-electron chi connectivity index (χ3n) is 5.25. The van der Waals surface area contributed by atoms with E-state index in [1.165, 1.54) is 11.8 Å². The van der Waals surface area contributed by atoms with E-state index in [4.69, 9.17) is 14.2 Å². The molecular formula is C26H26FIN2O3. The van der Waals surface area contributed by atoms with E-state index in [1.807, 2.05) is 37.4 Å². The lowest BCUT2D eigenvalue weighted by Crippen LogP contribution is -2.36. The molecule has 0 radical (unpaired) electrons. The molecule has 0 amide bonds. The highest BCUT2D eigenvalue weighted by Crippen LogP contribution is 2.35. The Bertz CT molecular complexity index is 1100. The molecule has 0 spiro atoms. The van der Waals surface area contributed by atoms with Gasteiger partial charge in [-0.3, -0.25) is 4.99 Å². The molecule has 4 rings (SSSR count). The Morgan fingerprint density at radius 2 is 1.82 bits per heavy atom. The average molecular weight is 560 g/mol. The molecule has 1 fully saturated rings. The van der Waals surface area contributed by atoms with Crippen LogP contribution in [0.3, 0.4) is 0 Å². The van der Waals surface area contributed by atoms with Crippen LogP contribution in [0, 0.1) is 9.39 Å². The fourth-order valence-corrected chi connectivity index (χ4v) is 4.33. The van der Waals surface area contributed by atoms with Crippen molar-refractivity contribution in [1.82, 2.24) is 0 Å². The summed E-state index contributed by atoms with van der Waals surface area (Å²) in [6, 6.07) is 18.7. The minimum absolute atomic E-state index is 0.131. The summed E-state index contributed by atoms with van der Waals surface area (Å²) in [5.74, 6) is 0.937. The van der Waals surface area contributed by atoms with Crippen molar-refractivity contribution in [1.29, 1.82) is 0 Å². The van der Waals surface area contributed by atoms with Gasteiger partial charge in [-0.2, -0.15) is 0 Å². The number of halogens is 2. The number of hydrogen-bond acceptors (Lipinski definition) is 5. The van der Waals surface area contributed by atoms with Gasteiger partial charge in [0.15, 0.2) is 11.5 Å². The Labute approximate surface area is 207 Å². The van der Waals surface area contributed by atoms with E-state index < -0.39 is 0 Å². The van der Waals surface area contributed by atoms with Crippen molar-refractivity contribution < 1.29 is 18.6 Å². The molecule has 1 aliphatic rings. The van der Waals surface area contributed by atoms with Gasteiger partial charge in [-0.25, -0.2) is 4.39 Å². The SMILES string of the molecule is CCOc1cc(C=Nc2ccc(N3CCOCC3)cc2)cc(I)c1OCc1ccccc1F. The van der Waals surface area contributed by atoms with Crippen LogP contribution >= 0.6 is 22.6 Å². The zero-order chi connectivity index (χ0) is 23.0. The maximum absolute atomic E-state index is 14.0. The van der Waals surface area contributed by atoms with Gasteiger partial charge < -0.3 is 19.1 Å². The van der Waals surface area contributed by atoms with Gasteiger partial charge in [0.2, 0.25) is 0 Å². The summed E-state index contributed by atoms with van der Waals surface area (Å²) < 4.78 is 32.0. The summed E-state index contributed by atoms with van der Waals surface area (Å²) in [6.07, 6.45) is 1.81. The molecule has 0 atom stereocenters. The fourth-order valence-electron chi connectivity index (χ4n) is 3.55. The monoisotopic (exact) mass is 560 g/mol. The van der Waals surface area contributed by atoms with Crippen molar-refractivity contribution >= 4 is 40.2 Å². The zero-order valence-corrected chi connectivity index (χ0v) is 20.6. The van der Waals surface area contributed by atoms with Gasteiger partial charge in [-0.15, -0.1) is 0 Å². The van der Waals surface area contributed by atoms with Gasteiger partial charge in [-0.05, 0) is 77.5 Å². The van der Waals surface area contributed by atoms with Crippen LogP contribution in [0.2, 0.25) is 0 Å². The molecular weight excluding hydrogens is 534 g/mol. The summed E-state index contributed by atoms with van der Waals surface area (Å²) >= 11 is 2.21. The highest BCUT2D eigenvalue weighted by Gasteiger charge is 2.14. The van der Waals surface area contributed by atoms with Crippen molar-refractivity contribution in [2.24, 2.45) is 4.99 Å². The first-order valence-corrected chi connectivity index (χ1v) is 12.0. The number of nitrogens with zero attached hydrogens (tertiary/aromatic N) is 2. The molecule has 5 nitrogen and oxygen atoms in total. The predicted molar refractivity (Wildman–Crippen MR) is 138 cm³/mol. The minimum atomic E-state index is -0.283. The van der Waals surface area contributed by atoms with Gasteiger partial charge in [-0.1, -0.05) is 18.2 Å². The van der Waals surface area contributed by atoms with Gasteiger partial charge >= 0.3 is 0 Å². The highest BCUT2D eigenvalue weighted by atomic mass is 127. The first kappa shape index (κ1) is 23.5. The Kier molecular flexibility index (Phi) is 8.17. The molecule has 0 aromatic heterocycles. The number of morpholine rings is 1. The van der Waals surface area contributed by atoms with Crippen LogP contribution in [0.15, 0.2) is 65.7 Å². The average Bonchev–Trinajstić information content (AvgIpc) is 2.84. The van der Waals surface area contributed by atoms with Crippen molar-refractivity contribution in [3.63, 3.8) is 0 Å². The summed E-state index contributed by atoms with van der Waals surface area (Å²) in [4.78, 5) is 6.94. The lowest BCUT2D eigenvalue weighted by Gasteiger charge is -2.28. The van der Waals surface area contributed by atoms with Crippen LogP contribution in [-0.2, 0) is 11.3 Å². The van der Waals surface area contributed by atoms with Crippen molar-refractivity contribution in [3.8, 4) is 11.5 Å². The van der Waals surface area contributed by atoms with E-state index in [2.05, 4.69) is 44.6 Å². The standard InChI is InChI=1S/C26H26FIN2O3/c1-2-32-25-16-19(15-24(28)26(25)33-18-20-5-3-4-6-23(20)27)17-29-21-7-9-22(10-8-21)30-11-13-31-14-12-30/h3-10,15-17H,2,11-14,18H2,1H3. The Hall–Kier alpha value is -2.65.